The minimum Gasteiger partial charge on any atom is -0.387 e. The van der Waals surface area contributed by atoms with Crippen LogP contribution in [-0.2, 0) is 0 Å². The highest BCUT2D eigenvalue weighted by molar-refractivity contribution is 5.46. The molecule has 0 aliphatic carbocycles. The summed E-state index contributed by atoms with van der Waals surface area (Å²) in [5.74, 6) is 0. The van der Waals surface area contributed by atoms with Crippen molar-refractivity contribution in [2.75, 3.05) is 0 Å². The molecule has 1 unspecified atom stereocenters. The third kappa shape index (κ3) is 1.71. The van der Waals surface area contributed by atoms with Crippen molar-refractivity contribution in [1.82, 2.24) is 14.8 Å². The second kappa shape index (κ2) is 4.01. The molecule has 0 saturated carbocycles. The summed E-state index contributed by atoms with van der Waals surface area (Å²) >= 11 is 0. The van der Waals surface area contributed by atoms with Crippen LogP contribution in [0.3, 0.4) is 0 Å². The molecule has 0 radical (unpaired) electrons. The Kier molecular flexibility index (Phi) is 2.99. The van der Waals surface area contributed by atoms with E-state index >= 15 is 0 Å². The van der Waals surface area contributed by atoms with E-state index < -0.39 is 6.10 Å². The highest BCUT2D eigenvalue weighted by Gasteiger charge is 2.09. The predicted octanol–water partition coefficient (Wildman–Crippen LogP) is 0.910. The number of allylic oxidation sites excluding steroid dienone is 1. The van der Waals surface area contributed by atoms with Gasteiger partial charge >= 0.3 is 0 Å². The molecule has 0 fully saturated rings. The second-order valence-corrected chi connectivity index (χ2v) is 2.48. The minimum absolute atomic E-state index is 0.461. The van der Waals surface area contributed by atoms with E-state index in [1.165, 1.54) is 6.33 Å². The molecular weight excluding hydrogens is 154 g/mol. The van der Waals surface area contributed by atoms with Crippen LogP contribution in [0.5, 0.6) is 0 Å². The predicted molar refractivity (Wildman–Crippen MR) is 46.3 cm³/mol. The Balaban J connectivity index is 2.85. The average Bonchev–Trinajstić information content (AvgIpc) is 2.58. The number of hydrogen-bond donors (Lipinski definition) is 1. The lowest BCUT2D eigenvalue weighted by molar-refractivity contribution is 0.220. The van der Waals surface area contributed by atoms with E-state index in [1.54, 1.807) is 11.0 Å². The molecule has 4 heteroatoms. The first-order valence-electron chi connectivity index (χ1n) is 3.98. The molecule has 0 aliphatic heterocycles. The van der Waals surface area contributed by atoms with E-state index in [2.05, 4.69) is 10.1 Å². The molecule has 66 valence electrons. The van der Waals surface area contributed by atoms with Gasteiger partial charge in [0, 0.05) is 0 Å². The van der Waals surface area contributed by atoms with Crippen LogP contribution in [0.1, 0.15) is 20.3 Å². The topological polar surface area (TPSA) is 50.9 Å². The lowest BCUT2D eigenvalue weighted by Gasteiger charge is -2.11. The molecule has 1 N–H and O–H groups in total. The van der Waals surface area contributed by atoms with Gasteiger partial charge in [0.25, 0.3) is 0 Å². The highest BCUT2D eigenvalue weighted by Crippen LogP contribution is 2.10. The zero-order chi connectivity index (χ0) is 8.97. The quantitative estimate of drug-likeness (QED) is 0.728. The standard InChI is InChI=1S/C8H13N3O/c1-3-7(8(12)4-2)11-6-9-5-10-11/h3,5-6,8,12H,4H2,1-2H3. The van der Waals surface area contributed by atoms with Gasteiger partial charge in [-0.1, -0.05) is 13.0 Å². The van der Waals surface area contributed by atoms with Crippen LogP contribution >= 0.6 is 0 Å². The molecule has 0 bridgehead atoms. The van der Waals surface area contributed by atoms with Crippen molar-refractivity contribution in [2.45, 2.75) is 26.4 Å². The van der Waals surface area contributed by atoms with E-state index in [0.29, 0.717) is 6.42 Å². The van der Waals surface area contributed by atoms with Gasteiger partial charge < -0.3 is 5.11 Å². The Morgan fingerprint density at radius 2 is 2.50 bits per heavy atom. The maximum absolute atomic E-state index is 9.53. The summed E-state index contributed by atoms with van der Waals surface area (Å²) in [6, 6.07) is 0. The van der Waals surface area contributed by atoms with E-state index in [4.69, 9.17) is 0 Å². The van der Waals surface area contributed by atoms with E-state index in [0.717, 1.165) is 5.70 Å². The molecule has 4 nitrogen and oxygen atoms in total. The number of aliphatic hydroxyl groups is 1. The first-order chi connectivity index (χ1) is 5.79. The van der Waals surface area contributed by atoms with Crippen molar-refractivity contribution in [1.29, 1.82) is 0 Å². The van der Waals surface area contributed by atoms with Crippen LogP contribution in [0, 0.1) is 0 Å². The van der Waals surface area contributed by atoms with Gasteiger partial charge in [0.05, 0.1) is 11.8 Å². The molecule has 0 spiro atoms. The molecule has 1 aromatic heterocycles. The molecule has 12 heavy (non-hydrogen) atoms. The van der Waals surface area contributed by atoms with Crippen LogP contribution in [0.25, 0.3) is 5.70 Å². The van der Waals surface area contributed by atoms with Crippen molar-refractivity contribution in [2.24, 2.45) is 0 Å². The van der Waals surface area contributed by atoms with Gasteiger partial charge in [-0.05, 0) is 13.3 Å². The van der Waals surface area contributed by atoms with Gasteiger partial charge in [-0.15, -0.1) is 0 Å². The lowest BCUT2D eigenvalue weighted by Crippen LogP contribution is -2.13. The Bertz CT molecular complexity index is 253. The summed E-state index contributed by atoms with van der Waals surface area (Å²) in [6.45, 7) is 3.79. The molecule has 1 aromatic rings. The van der Waals surface area contributed by atoms with E-state index in [1.807, 2.05) is 19.9 Å². The molecule has 0 aliphatic rings. The largest absolute Gasteiger partial charge is 0.387 e. The van der Waals surface area contributed by atoms with Gasteiger partial charge in [0.2, 0.25) is 0 Å². The first-order valence-corrected chi connectivity index (χ1v) is 3.98. The maximum Gasteiger partial charge on any atom is 0.138 e. The average molecular weight is 167 g/mol. The Labute approximate surface area is 71.6 Å². The molecular formula is C8H13N3O. The van der Waals surface area contributed by atoms with Crippen molar-refractivity contribution < 1.29 is 5.11 Å². The molecule has 1 rings (SSSR count). The number of aliphatic hydroxyl groups excluding tert-OH is 1. The molecule has 1 heterocycles. The van der Waals surface area contributed by atoms with Crippen LogP contribution in [0.2, 0.25) is 0 Å². The molecule has 0 amide bonds. The summed E-state index contributed by atoms with van der Waals surface area (Å²) in [7, 11) is 0. The van der Waals surface area contributed by atoms with Gasteiger partial charge in [0.15, 0.2) is 0 Å². The number of aromatic nitrogens is 3. The normalized spacial score (nSPS) is 14.8. The van der Waals surface area contributed by atoms with Crippen LogP contribution < -0.4 is 0 Å². The summed E-state index contributed by atoms with van der Waals surface area (Å²) in [4.78, 5) is 3.81. The summed E-state index contributed by atoms with van der Waals surface area (Å²) in [5, 5.41) is 13.5. The minimum atomic E-state index is -0.461. The Morgan fingerprint density at radius 1 is 1.75 bits per heavy atom. The fraction of sp³-hybridized carbons (Fsp3) is 0.500. The molecule has 0 aromatic carbocycles. The third-order valence-corrected chi connectivity index (χ3v) is 1.71. The zero-order valence-corrected chi connectivity index (χ0v) is 7.31. The Hall–Kier alpha value is -1.16. The smallest absolute Gasteiger partial charge is 0.138 e. The van der Waals surface area contributed by atoms with Crippen molar-refractivity contribution in [3.8, 4) is 0 Å². The van der Waals surface area contributed by atoms with Crippen molar-refractivity contribution in [3.63, 3.8) is 0 Å². The maximum atomic E-state index is 9.53. The highest BCUT2D eigenvalue weighted by atomic mass is 16.3. The number of rotatable bonds is 3. The summed E-state index contributed by atoms with van der Waals surface area (Å²) in [5.41, 5.74) is 0.773. The van der Waals surface area contributed by atoms with Crippen LogP contribution in [0.4, 0.5) is 0 Å². The molecule has 0 saturated heterocycles. The van der Waals surface area contributed by atoms with Crippen molar-refractivity contribution >= 4 is 5.70 Å². The third-order valence-electron chi connectivity index (χ3n) is 1.71. The van der Waals surface area contributed by atoms with Crippen LogP contribution in [0.15, 0.2) is 18.7 Å². The number of nitrogens with zero attached hydrogens (tertiary/aromatic N) is 3. The fourth-order valence-corrected chi connectivity index (χ4v) is 1.03. The summed E-state index contributed by atoms with van der Waals surface area (Å²) in [6.07, 6.45) is 5.08. The zero-order valence-electron chi connectivity index (χ0n) is 7.31. The van der Waals surface area contributed by atoms with Gasteiger partial charge in [-0.25, -0.2) is 9.67 Å². The SMILES string of the molecule is CC=C(C(O)CC)n1cncn1. The lowest BCUT2D eigenvalue weighted by atomic mass is 10.2. The number of hydrogen-bond acceptors (Lipinski definition) is 3. The van der Waals surface area contributed by atoms with Crippen LogP contribution in [-0.4, -0.2) is 26.0 Å². The molecule has 1 atom stereocenters. The van der Waals surface area contributed by atoms with E-state index in [-0.39, 0.29) is 0 Å². The second-order valence-electron chi connectivity index (χ2n) is 2.48. The van der Waals surface area contributed by atoms with E-state index in [9.17, 15) is 5.11 Å². The monoisotopic (exact) mass is 167 g/mol. The summed E-state index contributed by atoms with van der Waals surface area (Å²) < 4.78 is 1.58. The first kappa shape index (κ1) is 8.93. The van der Waals surface area contributed by atoms with Gasteiger partial charge in [0.1, 0.15) is 12.7 Å². The van der Waals surface area contributed by atoms with Crippen molar-refractivity contribution in [3.05, 3.63) is 18.7 Å². The Morgan fingerprint density at radius 3 is 2.92 bits per heavy atom. The fourth-order valence-electron chi connectivity index (χ4n) is 1.03. The van der Waals surface area contributed by atoms with Gasteiger partial charge in [-0.3, -0.25) is 0 Å². The van der Waals surface area contributed by atoms with Gasteiger partial charge in [-0.2, -0.15) is 5.10 Å².